The summed E-state index contributed by atoms with van der Waals surface area (Å²) in [4.78, 5) is 21.4. The van der Waals surface area contributed by atoms with Gasteiger partial charge in [0, 0.05) is 51.1 Å². The van der Waals surface area contributed by atoms with Crippen LogP contribution in [0.15, 0.2) is 36.7 Å². The molecule has 0 radical (unpaired) electrons. The predicted octanol–water partition coefficient (Wildman–Crippen LogP) is 3.33. The maximum atomic E-state index is 11.8. The van der Waals surface area contributed by atoms with Crippen LogP contribution < -0.4 is 15.0 Å². The number of nitrogens with one attached hydrogen (secondary N) is 1. The van der Waals surface area contributed by atoms with E-state index in [4.69, 9.17) is 14.5 Å². The van der Waals surface area contributed by atoms with Crippen molar-refractivity contribution >= 4 is 22.6 Å². The lowest BCUT2D eigenvalue weighted by atomic mass is 10.00. The highest BCUT2D eigenvalue weighted by Crippen LogP contribution is 2.42. The van der Waals surface area contributed by atoms with Crippen LogP contribution >= 0.6 is 0 Å². The molecule has 0 spiro atoms. The van der Waals surface area contributed by atoms with Crippen molar-refractivity contribution in [1.29, 1.82) is 5.26 Å². The summed E-state index contributed by atoms with van der Waals surface area (Å²) in [7, 11) is 0. The van der Waals surface area contributed by atoms with Gasteiger partial charge >= 0.3 is 0 Å². The van der Waals surface area contributed by atoms with E-state index < -0.39 is 0 Å². The molecule has 3 saturated heterocycles. The molecule has 1 unspecified atom stereocenters. The molecule has 202 valence electrons. The van der Waals surface area contributed by atoms with Crippen molar-refractivity contribution in [3.05, 3.63) is 42.2 Å². The van der Waals surface area contributed by atoms with Crippen molar-refractivity contribution in [2.45, 2.75) is 44.4 Å². The Labute approximate surface area is 228 Å². The first-order valence-electron chi connectivity index (χ1n) is 14.1. The number of carbonyl (C=O) groups excluding carboxylic acids is 1. The number of imidazole rings is 1. The summed E-state index contributed by atoms with van der Waals surface area (Å²) < 4.78 is 14.2. The molecule has 9 nitrogen and oxygen atoms in total. The van der Waals surface area contributed by atoms with Gasteiger partial charge in [-0.3, -0.25) is 9.69 Å². The van der Waals surface area contributed by atoms with Crippen LogP contribution in [0.4, 0.5) is 5.69 Å². The van der Waals surface area contributed by atoms with Crippen LogP contribution in [-0.4, -0.2) is 78.4 Å². The standard InChI is InChI=1S/C30H34N6O3/c1-19(23-13-29(37)32-15-23)39-28-12-21(11-26-30(28)36(18-33-26)24-3-4-24)20-2-5-27(22(10-20)14-31)35-8-6-34(7-9-35)25-16-38-17-25/h2,5,10-12,18-19,23-25H,3-4,6-9,13,15-17H2,1H3,(H,32,37)/t19-,23?/m1/s1. The molecule has 7 rings (SSSR count). The van der Waals surface area contributed by atoms with Gasteiger partial charge in [-0.25, -0.2) is 4.98 Å². The van der Waals surface area contributed by atoms with Crippen molar-refractivity contribution in [3.8, 4) is 22.9 Å². The summed E-state index contributed by atoms with van der Waals surface area (Å²) in [5.41, 5.74) is 5.53. The van der Waals surface area contributed by atoms with Gasteiger partial charge in [-0.15, -0.1) is 0 Å². The largest absolute Gasteiger partial charge is 0.488 e. The van der Waals surface area contributed by atoms with Crippen molar-refractivity contribution in [2.75, 3.05) is 50.8 Å². The molecule has 1 N–H and O–H groups in total. The van der Waals surface area contributed by atoms with Crippen LogP contribution in [0.3, 0.4) is 0 Å². The molecule has 1 aromatic heterocycles. The van der Waals surface area contributed by atoms with E-state index in [1.807, 2.05) is 19.3 Å². The third kappa shape index (κ3) is 4.62. The summed E-state index contributed by atoms with van der Waals surface area (Å²) in [6.45, 7) is 8.14. The molecular weight excluding hydrogens is 492 g/mol. The van der Waals surface area contributed by atoms with Crippen LogP contribution in [0.25, 0.3) is 22.2 Å². The number of hydrogen-bond donors (Lipinski definition) is 1. The van der Waals surface area contributed by atoms with E-state index in [1.54, 1.807) is 0 Å². The van der Waals surface area contributed by atoms with Crippen LogP contribution in [0.1, 0.15) is 37.8 Å². The maximum absolute atomic E-state index is 11.8. The zero-order valence-corrected chi connectivity index (χ0v) is 22.3. The lowest BCUT2D eigenvalue weighted by molar-refractivity contribution is -0.119. The van der Waals surface area contributed by atoms with Crippen molar-refractivity contribution in [2.24, 2.45) is 5.92 Å². The Morgan fingerprint density at radius 1 is 1.10 bits per heavy atom. The molecule has 0 bridgehead atoms. The van der Waals surface area contributed by atoms with E-state index in [2.05, 4.69) is 50.0 Å². The Kier molecular flexibility index (Phi) is 6.17. The van der Waals surface area contributed by atoms with Gasteiger partial charge in [0.15, 0.2) is 0 Å². The average molecular weight is 527 g/mol. The highest BCUT2D eigenvalue weighted by molar-refractivity contribution is 5.89. The Balaban J connectivity index is 1.19. The van der Waals surface area contributed by atoms with Gasteiger partial charge in [-0.05, 0) is 55.2 Å². The molecule has 9 heteroatoms. The lowest BCUT2D eigenvalue weighted by Crippen LogP contribution is -2.56. The van der Waals surface area contributed by atoms with Crippen LogP contribution in [0.5, 0.6) is 5.75 Å². The minimum Gasteiger partial charge on any atom is -0.488 e. The molecule has 1 saturated carbocycles. The molecule has 1 aliphatic carbocycles. The van der Waals surface area contributed by atoms with Gasteiger partial charge in [-0.1, -0.05) is 6.07 Å². The first-order valence-corrected chi connectivity index (χ1v) is 14.1. The van der Waals surface area contributed by atoms with E-state index in [-0.39, 0.29) is 17.9 Å². The Morgan fingerprint density at radius 3 is 2.59 bits per heavy atom. The van der Waals surface area contributed by atoms with Gasteiger partial charge < -0.3 is 24.3 Å². The van der Waals surface area contributed by atoms with E-state index in [1.165, 1.54) is 0 Å². The molecule has 4 aliphatic rings. The summed E-state index contributed by atoms with van der Waals surface area (Å²) >= 11 is 0. The third-order valence-corrected chi connectivity index (χ3v) is 8.80. The summed E-state index contributed by atoms with van der Waals surface area (Å²) in [5.74, 6) is 1.01. The molecule has 4 fully saturated rings. The quantitative estimate of drug-likeness (QED) is 0.505. The highest BCUT2D eigenvalue weighted by Gasteiger charge is 2.32. The maximum Gasteiger partial charge on any atom is 0.220 e. The van der Waals surface area contributed by atoms with Crippen LogP contribution in [0.2, 0.25) is 0 Å². The lowest BCUT2D eigenvalue weighted by Gasteiger charge is -2.43. The van der Waals surface area contributed by atoms with Gasteiger partial charge in [-0.2, -0.15) is 5.26 Å². The molecule has 4 heterocycles. The van der Waals surface area contributed by atoms with Gasteiger partial charge in [0.05, 0.1) is 42.4 Å². The summed E-state index contributed by atoms with van der Waals surface area (Å²) in [6, 6.07) is 13.8. The molecule has 39 heavy (non-hydrogen) atoms. The minimum absolute atomic E-state index is 0.0833. The highest BCUT2D eigenvalue weighted by atomic mass is 16.5. The number of rotatable bonds is 7. The SMILES string of the molecule is C[C@@H](Oc1cc(-c2ccc(N3CCN(C4COC4)CC3)c(C#N)c2)cc2ncn(C3CC3)c12)C1CNC(=O)C1. The van der Waals surface area contributed by atoms with E-state index in [0.717, 1.165) is 85.8 Å². The molecule has 3 aliphatic heterocycles. The summed E-state index contributed by atoms with van der Waals surface area (Å²) in [6.07, 6.45) is 4.59. The van der Waals surface area contributed by atoms with Gasteiger partial charge in [0.1, 0.15) is 23.4 Å². The van der Waals surface area contributed by atoms with Crippen molar-refractivity contribution in [3.63, 3.8) is 0 Å². The monoisotopic (exact) mass is 526 g/mol. The number of anilines is 1. The fourth-order valence-corrected chi connectivity index (χ4v) is 6.12. The number of nitrogens with zero attached hydrogens (tertiary/aromatic N) is 5. The Hall–Kier alpha value is -3.61. The number of carbonyl (C=O) groups is 1. The van der Waals surface area contributed by atoms with Gasteiger partial charge in [0.2, 0.25) is 5.91 Å². The third-order valence-electron chi connectivity index (χ3n) is 8.80. The number of benzene rings is 2. The number of nitriles is 1. The number of ether oxygens (including phenoxy) is 2. The van der Waals surface area contributed by atoms with E-state index in [9.17, 15) is 10.1 Å². The number of amides is 1. The molecular formula is C30H34N6O3. The number of hydrogen-bond acceptors (Lipinski definition) is 7. The minimum atomic E-state index is -0.118. The van der Waals surface area contributed by atoms with Crippen molar-refractivity contribution in [1.82, 2.24) is 19.8 Å². The summed E-state index contributed by atoms with van der Waals surface area (Å²) in [5, 5.41) is 13.0. The van der Waals surface area contributed by atoms with Gasteiger partial charge in [0.25, 0.3) is 0 Å². The number of piperazine rings is 1. The molecule has 2 aromatic carbocycles. The second kappa shape index (κ2) is 9.85. The fraction of sp³-hybridized carbons (Fsp3) is 0.500. The fourth-order valence-electron chi connectivity index (χ4n) is 6.12. The molecule has 3 aromatic rings. The van der Waals surface area contributed by atoms with E-state index >= 15 is 0 Å². The Morgan fingerprint density at radius 2 is 1.92 bits per heavy atom. The normalized spacial score (nSPS) is 22.9. The number of aromatic nitrogens is 2. The van der Waals surface area contributed by atoms with Crippen LogP contribution in [-0.2, 0) is 9.53 Å². The zero-order chi connectivity index (χ0) is 26.5. The second-order valence-corrected chi connectivity index (χ2v) is 11.4. The first-order chi connectivity index (χ1) is 19.1. The first kappa shape index (κ1) is 24.4. The van der Waals surface area contributed by atoms with E-state index in [0.29, 0.717) is 30.6 Å². The van der Waals surface area contributed by atoms with Crippen LogP contribution in [0, 0.1) is 17.2 Å². The second-order valence-electron chi connectivity index (χ2n) is 11.4. The molecule has 1 amide bonds. The smallest absolute Gasteiger partial charge is 0.220 e. The number of fused-ring (bicyclic) bond motifs is 1. The molecule has 2 atom stereocenters. The zero-order valence-electron chi connectivity index (χ0n) is 22.3. The topological polar surface area (TPSA) is 95.7 Å². The van der Waals surface area contributed by atoms with Crippen molar-refractivity contribution < 1.29 is 14.3 Å². The average Bonchev–Trinajstić information content (AvgIpc) is 3.52. The predicted molar refractivity (Wildman–Crippen MR) is 148 cm³/mol. The Bertz CT molecular complexity index is 1440.